The van der Waals surface area contributed by atoms with Crippen LogP contribution in [-0.4, -0.2) is 93.1 Å². The molecular formula is H3B13-. The molecule has 0 amide bonds. The highest BCUT2D eigenvalue weighted by molar-refractivity contribution is 8.07. The maximum Gasteiger partial charge on any atom is -0.00000163 e. The quantitative estimate of drug-likeness (QED) is 0.337. The Hall–Kier alpha value is 0.844. The van der Waals surface area contributed by atoms with Crippen LogP contribution in [0.2, 0.25) is 0 Å². The van der Waals surface area contributed by atoms with E-state index < -0.39 is 19.2 Å². The SMILES string of the molecule is [B]B([B])B([B][BH3-])B(B([B])[B])B([B])[B]. The predicted octanol–water partition coefficient (Wildman–Crippen LogP) is -5.75. The molecule has 0 aliphatic carbocycles. The van der Waals surface area contributed by atoms with Crippen molar-refractivity contribution in [1.82, 2.24) is 0 Å². The molecule has 0 nitrogen and oxygen atoms in total. The van der Waals surface area contributed by atoms with Crippen molar-refractivity contribution < 1.29 is 0 Å². The molecule has 0 spiro atoms. The lowest BCUT2D eigenvalue weighted by Gasteiger charge is -2.33. The van der Waals surface area contributed by atoms with E-state index >= 15 is 0 Å². The van der Waals surface area contributed by atoms with Gasteiger partial charge in [0.05, 0.1) is 0 Å². The van der Waals surface area contributed by atoms with Gasteiger partial charge in [0.2, 0.25) is 0 Å². The minimum absolute atomic E-state index is 0.0556. The number of hydrogen-bond donors (Lipinski definition) is 0. The first-order valence-electron chi connectivity index (χ1n) is 3.67. The third-order valence-corrected chi connectivity index (χ3v) is 1.78. The third kappa shape index (κ3) is 4.25. The molecule has 13 radical (unpaired) electrons. The van der Waals surface area contributed by atoms with Crippen molar-refractivity contribution in [3.8, 4) is 0 Å². The van der Waals surface area contributed by atoms with Crippen LogP contribution in [-0.2, 0) is 0 Å². The minimum atomic E-state index is -0.575. The van der Waals surface area contributed by atoms with Crippen LogP contribution in [0.1, 0.15) is 0 Å². The molecule has 0 aliphatic heterocycles. The normalized spacial score (nSPS) is 8.69. The van der Waals surface area contributed by atoms with Gasteiger partial charge in [-0.3, -0.25) is 0 Å². The molecule has 43 valence electrons. The Morgan fingerprint density at radius 3 is 1.23 bits per heavy atom. The molecule has 0 rings (SSSR count). The highest BCUT2D eigenvalue weighted by Crippen LogP contribution is 1.94. The maximum atomic E-state index is 5.59. The van der Waals surface area contributed by atoms with Crippen LogP contribution in [0, 0.1) is 0 Å². The summed E-state index contributed by atoms with van der Waals surface area (Å²) in [6, 6.07) is 0. The van der Waals surface area contributed by atoms with E-state index in [1.807, 2.05) is 0 Å². The van der Waals surface area contributed by atoms with Crippen LogP contribution in [0.25, 0.3) is 0 Å². The molecule has 13 heavy (non-hydrogen) atoms. The first kappa shape index (κ1) is 13.8. The van der Waals surface area contributed by atoms with Crippen LogP contribution in [0.15, 0.2) is 0 Å². The second kappa shape index (κ2) is 6.35. The molecule has 0 saturated carbocycles. The first-order valence-corrected chi connectivity index (χ1v) is 3.67. The molecular weight excluding hydrogens is 141 g/mol. The average Bonchev–Trinajstić information content (AvgIpc) is 1.97. The summed E-state index contributed by atoms with van der Waals surface area (Å²) in [6.07, 6.45) is -1.92. The second-order valence-electron chi connectivity index (χ2n) is 2.89. The molecule has 0 fully saturated rings. The molecule has 13 heteroatoms. The standard InChI is InChI=1S/B13H3/c1-8-12(9(2)3)13(10(4)5)11(6)7/h1H3/q-1. The first-order chi connectivity index (χ1) is 5.91. The van der Waals surface area contributed by atoms with E-state index in [4.69, 9.17) is 46.4 Å². The monoisotopic (exact) mass is 146 g/mol. The lowest BCUT2D eigenvalue weighted by molar-refractivity contribution is 3.45. The van der Waals surface area contributed by atoms with Gasteiger partial charge in [0.15, 0.2) is 0 Å². The van der Waals surface area contributed by atoms with Gasteiger partial charge in [0.25, 0.3) is 0 Å². The molecule has 0 heterocycles. The van der Waals surface area contributed by atoms with Gasteiger partial charge >= 0.3 is 0 Å². The van der Waals surface area contributed by atoms with Crippen LogP contribution < -0.4 is 0 Å². The van der Waals surface area contributed by atoms with Gasteiger partial charge in [-0.2, -0.15) is 7.06 Å². The van der Waals surface area contributed by atoms with Gasteiger partial charge in [0.1, 0.15) is 0 Å². The average molecular weight is 144 g/mol. The van der Waals surface area contributed by atoms with Gasteiger partial charge in [-0.15, -0.1) is 0 Å². The molecule has 0 N–H and O–H groups in total. The molecule has 0 aromatic carbocycles. The zero-order chi connectivity index (χ0) is 10.6. The van der Waals surface area contributed by atoms with E-state index in [-0.39, 0.29) is 20.5 Å². The van der Waals surface area contributed by atoms with E-state index in [1.165, 1.54) is 0 Å². The lowest BCUT2D eigenvalue weighted by atomic mass is 8.50. The molecule has 0 aromatic heterocycles. The molecule has 0 unspecified atom stereocenters. The van der Waals surface area contributed by atoms with Crippen LogP contribution >= 0.6 is 0 Å². The Kier molecular flexibility index (Phi) is 6.76. The smallest absolute Gasteiger partial charge is 0.00000163 e. The van der Waals surface area contributed by atoms with Crippen LogP contribution in [0.4, 0.5) is 0 Å². The molecule has 0 bridgehead atoms. The second-order valence-corrected chi connectivity index (χ2v) is 2.89. The van der Waals surface area contributed by atoms with Crippen LogP contribution in [0.5, 0.6) is 0 Å². The summed E-state index contributed by atoms with van der Waals surface area (Å²) in [6.45, 7) is 0. The summed E-state index contributed by atoms with van der Waals surface area (Å²) in [5, 5.41) is 0. The summed E-state index contributed by atoms with van der Waals surface area (Å²) in [5.74, 6) is 0. The summed E-state index contributed by atoms with van der Waals surface area (Å²) in [5.41, 5.74) is 0. The number of hydrogen-bond acceptors (Lipinski definition) is 0. The van der Waals surface area contributed by atoms with Gasteiger partial charge in [0, 0.05) is 0 Å². The Morgan fingerprint density at radius 1 is 0.769 bits per heavy atom. The van der Waals surface area contributed by atoms with Crippen molar-refractivity contribution in [1.29, 1.82) is 0 Å². The van der Waals surface area contributed by atoms with Gasteiger partial charge < -0.3 is 0 Å². The fraction of sp³-hybridized carbons (Fsp3) is 0. The molecule has 0 atom stereocenters. The van der Waals surface area contributed by atoms with Gasteiger partial charge in [-0.05, 0) is 78.3 Å². The van der Waals surface area contributed by atoms with E-state index in [0.29, 0.717) is 0 Å². The third-order valence-electron chi connectivity index (χ3n) is 1.78. The summed E-state index contributed by atoms with van der Waals surface area (Å²) >= 11 is 0. The maximum absolute atomic E-state index is 5.59. The van der Waals surface area contributed by atoms with Crippen molar-refractivity contribution in [2.75, 3.05) is 0 Å². The van der Waals surface area contributed by atoms with E-state index in [0.717, 1.165) is 0 Å². The fourth-order valence-electron chi connectivity index (χ4n) is 1.03. The Bertz CT molecular complexity index is 114. The van der Waals surface area contributed by atoms with Crippen molar-refractivity contribution in [3.05, 3.63) is 0 Å². The largest absolute Gasteiger partial charge is 0.158 e. The zero-order valence-electron chi connectivity index (χ0n) is 6.93. The Morgan fingerprint density at radius 2 is 1.15 bits per heavy atom. The van der Waals surface area contributed by atoms with Crippen LogP contribution in [0.3, 0.4) is 0 Å². The van der Waals surface area contributed by atoms with Crippen molar-refractivity contribution in [2.45, 2.75) is 0 Å². The molecule has 0 saturated heterocycles. The van der Waals surface area contributed by atoms with E-state index in [1.54, 1.807) is 0 Å². The predicted molar refractivity (Wildman–Crippen MR) is 79.0 cm³/mol. The highest BCUT2D eigenvalue weighted by atomic mass is 13.1. The fourth-order valence-corrected chi connectivity index (χ4v) is 1.03. The zero-order valence-corrected chi connectivity index (χ0v) is 6.93. The lowest BCUT2D eigenvalue weighted by Crippen LogP contribution is -2.69. The van der Waals surface area contributed by atoms with Gasteiger partial charge in [-0.25, -0.2) is 0 Å². The summed E-state index contributed by atoms with van der Waals surface area (Å²) < 4.78 is 0. The number of rotatable bonds is 5. The Labute approximate surface area is 93.3 Å². The summed E-state index contributed by atoms with van der Waals surface area (Å²) in [4.78, 5) is 0. The van der Waals surface area contributed by atoms with Crippen molar-refractivity contribution in [2.24, 2.45) is 0 Å². The minimum Gasteiger partial charge on any atom is -0.158 e. The van der Waals surface area contributed by atoms with E-state index in [2.05, 4.69) is 7.06 Å². The highest BCUT2D eigenvalue weighted by Gasteiger charge is 2.30. The van der Waals surface area contributed by atoms with Crippen molar-refractivity contribution in [3.63, 3.8) is 0 Å². The van der Waals surface area contributed by atoms with E-state index in [9.17, 15) is 0 Å². The Balaban J connectivity index is 4.49. The van der Waals surface area contributed by atoms with Gasteiger partial charge in [-0.1, -0.05) is 7.74 Å². The summed E-state index contributed by atoms with van der Waals surface area (Å²) in [7, 11) is 35.6. The molecule has 0 aromatic rings. The van der Waals surface area contributed by atoms with Crippen molar-refractivity contribution >= 4 is 93.1 Å². The molecule has 0 aliphatic rings. The topological polar surface area (TPSA) is 0 Å².